The summed E-state index contributed by atoms with van der Waals surface area (Å²) < 4.78 is 5.16. The second-order valence-corrected chi connectivity index (χ2v) is 7.59. The minimum atomic E-state index is -0.188. The quantitative estimate of drug-likeness (QED) is 0.779. The molecule has 1 aromatic carbocycles. The molecule has 1 aromatic heterocycles. The topological polar surface area (TPSA) is 89.6 Å². The van der Waals surface area contributed by atoms with Crippen LogP contribution in [0.1, 0.15) is 17.5 Å². The van der Waals surface area contributed by atoms with Gasteiger partial charge in [-0.3, -0.25) is 4.79 Å². The van der Waals surface area contributed by atoms with Crippen molar-refractivity contribution in [2.75, 3.05) is 37.2 Å². The van der Waals surface area contributed by atoms with Gasteiger partial charge in [0, 0.05) is 36.8 Å². The fourth-order valence-corrected chi connectivity index (χ4v) is 3.76. The van der Waals surface area contributed by atoms with Gasteiger partial charge in [-0.25, -0.2) is 4.79 Å². The lowest BCUT2D eigenvalue weighted by Gasteiger charge is -2.34. The molecule has 1 atom stereocenters. The van der Waals surface area contributed by atoms with Crippen LogP contribution in [0.25, 0.3) is 0 Å². The number of thioether (sulfide) groups is 1. The molecule has 3 rings (SSSR count). The third-order valence-electron chi connectivity index (χ3n) is 4.42. The Morgan fingerprint density at radius 2 is 1.89 bits per heavy atom. The highest BCUT2D eigenvalue weighted by molar-refractivity contribution is 7.99. The van der Waals surface area contributed by atoms with Crippen LogP contribution in [0.15, 0.2) is 52.0 Å². The van der Waals surface area contributed by atoms with E-state index in [1.807, 2.05) is 31.2 Å². The van der Waals surface area contributed by atoms with Crippen molar-refractivity contribution < 1.29 is 14.0 Å². The molecule has 1 N–H and O–H groups in total. The predicted molar refractivity (Wildman–Crippen MR) is 107 cm³/mol. The number of nitrogens with one attached hydrogen (secondary N) is 1. The van der Waals surface area contributed by atoms with Gasteiger partial charge in [-0.05, 0) is 31.2 Å². The Bertz CT molecular complexity index is 855. The summed E-state index contributed by atoms with van der Waals surface area (Å²) in [5, 5.41) is 11.9. The van der Waals surface area contributed by atoms with Gasteiger partial charge in [0.2, 0.25) is 0 Å². The highest BCUT2D eigenvalue weighted by Gasteiger charge is 2.26. The molecular weight excluding hydrogens is 376 g/mol. The molecule has 0 saturated carbocycles. The molecule has 0 spiro atoms. The first-order chi connectivity index (χ1) is 13.6. The first-order valence-corrected chi connectivity index (χ1v) is 10.1. The van der Waals surface area contributed by atoms with Gasteiger partial charge in [0.25, 0.3) is 5.91 Å². The van der Waals surface area contributed by atoms with Gasteiger partial charge in [0.05, 0.1) is 23.9 Å². The number of furan rings is 1. The number of benzene rings is 1. The first kappa shape index (κ1) is 19.8. The molecule has 0 aliphatic carbocycles. The van der Waals surface area contributed by atoms with E-state index in [1.165, 1.54) is 6.26 Å². The monoisotopic (exact) mass is 398 g/mol. The fraction of sp³-hybridized carbons (Fsp3) is 0.350. The van der Waals surface area contributed by atoms with Gasteiger partial charge < -0.3 is 19.5 Å². The summed E-state index contributed by atoms with van der Waals surface area (Å²) in [6.45, 7) is 3.71. The highest BCUT2D eigenvalue weighted by atomic mass is 32.2. The van der Waals surface area contributed by atoms with Gasteiger partial charge in [0.1, 0.15) is 0 Å². The van der Waals surface area contributed by atoms with Crippen LogP contribution >= 0.6 is 11.8 Å². The smallest absolute Gasteiger partial charge is 0.321 e. The van der Waals surface area contributed by atoms with E-state index in [1.54, 1.807) is 33.7 Å². The van der Waals surface area contributed by atoms with Crippen LogP contribution in [0.3, 0.4) is 0 Å². The zero-order valence-electron chi connectivity index (χ0n) is 15.6. The maximum absolute atomic E-state index is 12.7. The molecule has 28 heavy (non-hydrogen) atoms. The number of carbonyl (C=O) groups is 2. The summed E-state index contributed by atoms with van der Waals surface area (Å²) >= 11 is 1.55. The van der Waals surface area contributed by atoms with E-state index in [9.17, 15) is 9.59 Å². The fourth-order valence-electron chi connectivity index (χ4n) is 2.81. The van der Waals surface area contributed by atoms with Crippen molar-refractivity contribution >= 4 is 29.4 Å². The summed E-state index contributed by atoms with van der Waals surface area (Å²) in [5.74, 6) is 0.763. The lowest BCUT2D eigenvalue weighted by atomic mass is 10.3. The molecular formula is C20H22N4O3S. The Morgan fingerprint density at radius 3 is 2.57 bits per heavy atom. The molecule has 1 unspecified atom stereocenters. The first-order valence-electron chi connectivity index (χ1n) is 9.08. The Morgan fingerprint density at radius 1 is 1.18 bits per heavy atom. The summed E-state index contributed by atoms with van der Waals surface area (Å²) in [5.41, 5.74) is 0.733. The van der Waals surface area contributed by atoms with Gasteiger partial charge in [-0.1, -0.05) is 12.1 Å². The maximum Gasteiger partial charge on any atom is 0.321 e. The SMILES string of the molecule is CC(C#N)CSc1ccccc1NC(=O)N1CCN(C(=O)c2ccco2)CC1. The number of para-hydroxylation sites is 1. The van der Waals surface area contributed by atoms with Crippen molar-refractivity contribution in [2.45, 2.75) is 11.8 Å². The Hall–Kier alpha value is -2.92. The maximum atomic E-state index is 12.7. The Kier molecular flexibility index (Phi) is 6.61. The summed E-state index contributed by atoms with van der Waals surface area (Å²) in [7, 11) is 0. The molecule has 2 aromatic rings. The number of hydrogen-bond acceptors (Lipinski definition) is 5. The van der Waals surface area contributed by atoms with Crippen molar-refractivity contribution in [3.05, 3.63) is 48.4 Å². The standard InChI is InChI=1S/C20H22N4O3S/c1-15(13-21)14-28-18-7-3-2-5-16(18)22-20(26)24-10-8-23(9-11-24)19(25)17-6-4-12-27-17/h2-7,12,15H,8-11,14H2,1H3,(H,22,26). The summed E-state index contributed by atoms with van der Waals surface area (Å²) in [4.78, 5) is 29.3. The second kappa shape index (κ2) is 9.33. The third kappa shape index (κ3) is 4.87. The number of rotatable bonds is 5. The second-order valence-electron chi connectivity index (χ2n) is 6.52. The van der Waals surface area contributed by atoms with E-state index in [0.717, 1.165) is 10.6 Å². The van der Waals surface area contributed by atoms with Crippen LogP contribution in [0, 0.1) is 17.2 Å². The van der Waals surface area contributed by atoms with Crippen molar-refractivity contribution in [2.24, 2.45) is 5.92 Å². The van der Waals surface area contributed by atoms with E-state index < -0.39 is 0 Å². The summed E-state index contributed by atoms with van der Waals surface area (Å²) in [6.07, 6.45) is 1.48. The molecule has 1 aliphatic heterocycles. The minimum Gasteiger partial charge on any atom is -0.459 e. The molecule has 146 valence electrons. The van der Waals surface area contributed by atoms with E-state index in [-0.39, 0.29) is 17.9 Å². The number of nitriles is 1. The largest absolute Gasteiger partial charge is 0.459 e. The normalized spacial score (nSPS) is 15.0. The van der Waals surface area contributed by atoms with E-state index in [4.69, 9.17) is 9.68 Å². The highest BCUT2D eigenvalue weighted by Crippen LogP contribution is 2.28. The van der Waals surface area contributed by atoms with Gasteiger partial charge >= 0.3 is 6.03 Å². The number of piperazine rings is 1. The third-order valence-corrected chi connectivity index (χ3v) is 5.76. The molecule has 1 saturated heterocycles. The number of hydrogen-bond donors (Lipinski definition) is 1. The number of amides is 3. The molecule has 7 nitrogen and oxygen atoms in total. The lowest BCUT2D eigenvalue weighted by Crippen LogP contribution is -2.51. The van der Waals surface area contributed by atoms with Gasteiger partial charge in [0.15, 0.2) is 5.76 Å². The average molecular weight is 398 g/mol. The van der Waals surface area contributed by atoms with Crippen LogP contribution in [-0.2, 0) is 0 Å². The number of nitrogens with zero attached hydrogens (tertiary/aromatic N) is 3. The molecule has 0 bridgehead atoms. The van der Waals surface area contributed by atoms with Crippen molar-refractivity contribution in [3.8, 4) is 6.07 Å². The number of carbonyl (C=O) groups excluding carboxylic acids is 2. The Balaban J connectivity index is 1.55. The summed E-state index contributed by atoms with van der Waals surface area (Å²) in [6, 6.07) is 12.9. The van der Waals surface area contributed by atoms with Crippen molar-refractivity contribution in [1.82, 2.24) is 9.80 Å². The van der Waals surface area contributed by atoms with Gasteiger partial charge in [-0.15, -0.1) is 11.8 Å². The van der Waals surface area contributed by atoms with Gasteiger partial charge in [-0.2, -0.15) is 5.26 Å². The Labute approximate surface area is 168 Å². The van der Waals surface area contributed by atoms with Crippen molar-refractivity contribution in [3.63, 3.8) is 0 Å². The van der Waals surface area contributed by atoms with E-state index >= 15 is 0 Å². The zero-order chi connectivity index (χ0) is 19.9. The molecule has 1 aliphatic rings. The molecule has 2 heterocycles. The van der Waals surface area contributed by atoms with Crippen LogP contribution in [0.4, 0.5) is 10.5 Å². The zero-order valence-corrected chi connectivity index (χ0v) is 16.4. The molecule has 3 amide bonds. The van der Waals surface area contributed by atoms with E-state index in [0.29, 0.717) is 37.7 Å². The molecule has 0 radical (unpaired) electrons. The number of urea groups is 1. The predicted octanol–water partition coefficient (Wildman–Crippen LogP) is 3.52. The van der Waals surface area contributed by atoms with Crippen LogP contribution in [-0.4, -0.2) is 53.7 Å². The minimum absolute atomic E-state index is 0.0615. The average Bonchev–Trinajstić information content (AvgIpc) is 3.27. The van der Waals surface area contributed by atoms with Crippen LogP contribution < -0.4 is 5.32 Å². The lowest BCUT2D eigenvalue weighted by molar-refractivity contribution is 0.0640. The van der Waals surface area contributed by atoms with Crippen LogP contribution in [0.5, 0.6) is 0 Å². The van der Waals surface area contributed by atoms with E-state index in [2.05, 4.69) is 11.4 Å². The number of anilines is 1. The molecule has 1 fully saturated rings. The molecule has 8 heteroatoms. The van der Waals surface area contributed by atoms with Crippen LogP contribution in [0.2, 0.25) is 0 Å². The van der Waals surface area contributed by atoms with Crippen molar-refractivity contribution in [1.29, 1.82) is 5.26 Å².